The number of hydrogen-bond donors (Lipinski definition) is 0. The molecule has 3 fully saturated rings. The number of unbranched alkanes of at least 4 members (excludes halogenated alkanes) is 2. The van der Waals surface area contributed by atoms with Gasteiger partial charge in [-0.25, -0.2) is 8.78 Å². The predicted molar refractivity (Wildman–Crippen MR) is 156 cm³/mol. The summed E-state index contributed by atoms with van der Waals surface area (Å²) in [4.78, 5) is 0. The molecule has 1 heterocycles. The van der Waals surface area contributed by atoms with Crippen LogP contribution in [0.5, 0.6) is 5.75 Å². The van der Waals surface area contributed by atoms with E-state index < -0.39 is 17.8 Å². The molecule has 2 aromatic carbocycles. The van der Waals surface area contributed by atoms with Gasteiger partial charge in [-0.1, -0.05) is 44.4 Å². The highest BCUT2D eigenvalue weighted by Crippen LogP contribution is 2.45. The molecule has 0 bridgehead atoms. The lowest BCUT2D eigenvalue weighted by Crippen LogP contribution is -2.38. The minimum absolute atomic E-state index is 0.0925. The van der Waals surface area contributed by atoms with Crippen molar-refractivity contribution in [3.8, 4) is 5.75 Å². The second-order valence-corrected chi connectivity index (χ2v) is 12.9. The lowest BCUT2D eigenvalue weighted by Gasteiger charge is -2.38. The van der Waals surface area contributed by atoms with E-state index in [0.717, 1.165) is 50.5 Å². The second kappa shape index (κ2) is 14.1. The van der Waals surface area contributed by atoms with Crippen LogP contribution in [0.4, 0.5) is 17.6 Å². The van der Waals surface area contributed by atoms with Gasteiger partial charge in [0.1, 0.15) is 17.4 Å². The van der Waals surface area contributed by atoms with Crippen molar-refractivity contribution in [1.29, 1.82) is 0 Å². The van der Waals surface area contributed by atoms with Crippen LogP contribution in [0.15, 0.2) is 36.4 Å². The van der Waals surface area contributed by atoms with Crippen LogP contribution in [0, 0.1) is 36.3 Å². The van der Waals surface area contributed by atoms with E-state index in [1.54, 1.807) is 13.0 Å². The van der Waals surface area contributed by atoms with Crippen LogP contribution in [-0.2, 0) is 9.47 Å². The normalized spacial score (nSPS) is 28.9. The molecule has 5 rings (SSSR count). The van der Waals surface area contributed by atoms with Crippen molar-refractivity contribution in [3.63, 3.8) is 0 Å². The topological polar surface area (TPSA) is 27.7 Å². The molecule has 0 atom stereocenters. The van der Waals surface area contributed by atoms with Crippen LogP contribution in [0.3, 0.4) is 0 Å². The molecule has 1 saturated heterocycles. The molecule has 0 unspecified atom stereocenters. The van der Waals surface area contributed by atoms with Gasteiger partial charge in [-0.3, -0.25) is 0 Å². The molecule has 3 nitrogen and oxygen atoms in total. The number of hydrogen-bond acceptors (Lipinski definition) is 3. The molecule has 2 saturated carbocycles. The van der Waals surface area contributed by atoms with Gasteiger partial charge >= 0.3 is 6.11 Å². The molecular weight excluding hydrogens is 544 g/mol. The van der Waals surface area contributed by atoms with Gasteiger partial charge < -0.3 is 14.2 Å². The molecule has 0 spiro atoms. The summed E-state index contributed by atoms with van der Waals surface area (Å²) in [6, 6.07) is 9.37. The predicted octanol–water partition coefficient (Wildman–Crippen LogP) is 10.1. The maximum Gasteiger partial charge on any atom is 0.400 e. The van der Waals surface area contributed by atoms with E-state index in [1.807, 2.05) is 12.1 Å². The Kier molecular flexibility index (Phi) is 10.5. The van der Waals surface area contributed by atoms with E-state index in [9.17, 15) is 13.2 Å². The fraction of sp³-hybridized carbons (Fsp3) is 0.657. The number of benzene rings is 2. The van der Waals surface area contributed by atoms with Crippen LogP contribution < -0.4 is 4.74 Å². The number of aryl methyl sites for hydroxylation is 1. The summed E-state index contributed by atoms with van der Waals surface area (Å²) in [6.07, 6.45) is 6.75. The van der Waals surface area contributed by atoms with E-state index in [0.29, 0.717) is 41.7 Å². The van der Waals surface area contributed by atoms with Crippen LogP contribution in [0.2, 0.25) is 0 Å². The fourth-order valence-electron chi connectivity index (χ4n) is 7.15. The summed E-state index contributed by atoms with van der Waals surface area (Å²) in [5.41, 5.74) is 2.02. The van der Waals surface area contributed by atoms with Crippen LogP contribution in [0.25, 0.3) is 0 Å². The maximum absolute atomic E-state index is 15.3. The van der Waals surface area contributed by atoms with Crippen molar-refractivity contribution in [2.75, 3.05) is 13.2 Å². The van der Waals surface area contributed by atoms with Crippen molar-refractivity contribution >= 4 is 0 Å². The van der Waals surface area contributed by atoms with Crippen molar-refractivity contribution in [1.82, 2.24) is 0 Å². The molecular formula is C35H46F4O3. The summed E-state index contributed by atoms with van der Waals surface area (Å²) in [5.74, 6) is -0.842. The van der Waals surface area contributed by atoms with Crippen LogP contribution >= 0.6 is 0 Å². The fourth-order valence-corrected chi connectivity index (χ4v) is 7.15. The first kappa shape index (κ1) is 31.3. The summed E-state index contributed by atoms with van der Waals surface area (Å²) in [5, 5.41) is 0. The van der Waals surface area contributed by atoms with Gasteiger partial charge in [0.25, 0.3) is 0 Å². The van der Waals surface area contributed by atoms with E-state index in [1.165, 1.54) is 37.8 Å². The third-order valence-corrected chi connectivity index (χ3v) is 9.90. The lowest BCUT2D eigenvalue weighted by molar-refractivity contribution is -0.229. The Balaban J connectivity index is 1.08. The van der Waals surface area contributed by atoms with Gasteiger partial charge in [0, 0.05) is 17.9 Å². The number of alkyl halides is 2. The smallest absolute Gasteiger partial charge is 0.400 e. The van der Waals surface area contributed by atoms with Gasteiger partial charge in [0.05, 0.1) is 19.1 Å². The first-order valence-corrected chi connectivity index (χ1v) is 16.1. The zero-order valence-corrected chi connectivity index (χ0v) is 25.1. The molecule has 1 aliphatic heterocycles. The lowest BCUT2D eigenvalue weighted by atomic mass is 9.76. The van der Waals surface area contributed by atoms with Crippen molar-refractivity contribution in [3.05, 3.63) is 64.7 Å². The molecule has 2 aromatic rings. The zero-order valence-electron chi connectivity index (χ0n) is 25.1. The largest absolute Gasteiger partial charge is 0.432 e. The van der Waals surface area contributed by atoms with Gasteiger partial charge in [0.2, 0.25) is 0 Å². The molecule has 3 aliphatic rings. The first-order chi connectivity index (χ1) is 20.2. The molecule has 232 valence electrons. The Morgan fingerprint density at radius 1 is 0.810 bits per heavy atom. The number of rotatable bonds is 10. The minimum atomic E-state index is -3.40. The summed E-state index contributed by atoms with van der Waals surface area (Å²) in [7, 11) is 0. The third kappa shape index (κ3) is 7.68. The van der Waals surface area contributed by atoms with Crippen LogP contribution in [-0.4, -0.2) is 25.6 Å². The molecule has 0 radical (unpaired) electrons. The molecule has 2 aliphatic carbocycles. The highest BCUT2D eigenvalue weighted by atomic mass is 19.3. The van der Waals surface area contributed by atoms with Gasteiger partial charge in [-0.05, 0) is 105 Å². The van der Waals surface area contributed by atoms with Crippen LogP contribution in [0.1, 0.15) is 112 Å². The minimum Gasteiger partial charge on any atom is -0.432 e. The standard InChI is InChI=1S/C35H46F4O3/c1-3-4-5-6-24-21-40-34(41-22-24)27-10-8-25(9-11-27)28-14-18-31(33(37)19-28)26-12-15-29(16-13-26)35(38,39)42-30-17-7-23(2)32(36)20-30/h7,14,17-20,24-27,29,34H,3-6,8-13,15-16,21-22H2,1-2H3. The monoisotopic (exact) mass is 590 g/mol. The van der Waals surface area contributed by atoms with E-state index in [-0.39, 0.29) is 36.6 Å². The quantitative estimate of drug-likeness (QED) is 0.204. The van der Waals surface area contributed by atoms with E-state index in [2.05, 4.69) is 6.92 Å². The Morgan fingerprint density at radius 3 is 2.14 bits per heavy atom. The second-order valence-electron chi connectivity index (χ2n) is 12.9. The van der Waals surface area contributed by atoms with E-state index in [4.69, 9.17) is 14.2 Å². The first-order valence-electron chi connectivity index (χ1n) is 16.1. The van der Waals surface area contributed by atoms with Gasteiger partial charge in [0.15, 0.2) is 6.29 Å². The number of ether oxygens (including phenoxy) is 3. The average Bonchev–Trinajstić information content (AvgIpc) is 2.99. The zero-order chi connectivity index (χ0) is 29.7. The molecule has 0 N–H and O–H groups in total. The Bertz CT molecular complexity index is 1150. The summed E-state index contributed by atoms with van der Waals surface area (Å²) in [6.45, 7) is 5.37. The SMILES string of the molecule is CCCCCC1COC(C2CCC(c3ccc(C4CCC(C(F)(F)Oc5ccc(C)c(F)c5)CC4)c(F)c3)CC2)OC1. The average molecular weight is 591 g/mol. The molecule has 0 aromatic heterocycles. The Labute approximate surface area is 248 Å². The Morgan fingerprint density at radius 2 is 1.50 bits per heavy atom. The summed E-state index contributed by atoms with van der Waals surface area (Å²) < 4.78 is 76.1. The molecule has 42 heavy (non-hydrogen) atoms. The molecule has 7 heteroatoms. The highest BCUT2D eigenvalue weighted by molar-refractivity contribution is 5.31. The van der Waals surface area contributed by atoms with Crippen molar-refractivity contribution in [2.45, 2.75) is 115 Å². The Hall–Kier alpha value is -2.12. The van der Waals surface area contributed by atoms with Gasteiger partial charge in [-0.15, -0.1) is 0 Å². The van der Waals surface area contributed by atoms with Gasteiger partial charge in [-0.2, -0.15) is 8.78 Å². The third-order valence-electron chi connectivity index (χ3n) is 9.90. The summed E-state index contributed by atoms with van der Waals surface area (Å²) >= 11 is 0. The maximum atomic E-state index is 15.3. The molecule has 0 amide bonds. The highest BCUT2D eigenvalue weighted by Gasteiger charge is 2.44. The van der Waals surface area contributed by atoms with Crippen molar-refractivity contribution < 1.29 is 31.8 Å². The number of halogens is 4. The van der Waals surface area contributed by atoms with E-state index >= 15 is 4.39 Å². The van der Waals surface area contributed by atoms with Crippen molar-refractivity contribution in [2.24, 2.45) is 17.8 Å².